The van der Waals surface area contributed by atoms with Gasteiger partial charge in [0.2, 0.25) is 16.0 Å². The minimum absolute atomic E-state index is 0.0932. The van der Waals surface area contributed by atoms with E-state index in [1.165, 1.54) is 26.5 Å². The summed E-state index contributed by atoms with van der Waals surface area (Å²) in [5.41, 5.74) is 0.161. The fourth-order valence-corrected chi connectivity index (χ4v) is 3.65. The van der Waals surface area contributed by atoms with Crippen LogP contribution in [0.2, 0.25) is 5.02 Å². The first-order chi connectivity index (χ1) is 16.9. The smallest absolute Gasteiger partial charge is 0.229 e. The highest BCUT2D eigenvalue weighted by molar-refractivity contribution is 7.92. The van der Waals surface area contributed by atoms with E-state index in [-0.39, 0.29) is 29.1 Å². The second-order valence-electron chi connectivity index (χ2n) is 8.39. The van der Waals surface area contributed by atoms with Crippen molar-refractivity contribution in [2.45, 2.75) is 19.4 Å². The molecule has 0 amide bonds. The van der Waals surface area contributed by atoms with Gasteiger partial charge in [-0.05, 0) is 38.1 Å². The van der Waals surface area contributed by atoms with Crippen LogP contribution in [0, 0.1) is 0 Å². The predicted octanol–water partition coefficient (Wildman–Crippen LogP) is 4.16. The Balaban J connectivity index is 1.90. The molecule has 194 valence electrons. The number of hydrogen-bond donors (Lipinski definition) is 4. The van der Waals surface area contributed by atoms with Crippen molar-refractivity contribution < 1.29 is 27.7 Å². The van der Waals surface area contributed by atoms with Gasteiger partial charge in [-0.15, -0.1) is 0 Å². The lowest BCUT2D eigenvalue weighted by molar-refractivity contribution is 0.0285. The van der Waals surface area contributed by atoms with Crippen LogP contribution in [0.3, 0.4) is 0 Å². The number of benzene rings is 2. The fourth-order valence-electron chi connectivity index (χ4n) is 2.94. The number of rotatable bonds is 11. The van der Waals surface area contributed by atoms with Gasteiger partial charge in [-0.3, -0.25) is 4.72 Å². The lowest BCUT2D eigenvalue weighted by Gasteiger charge is -2.19. The van der Waals surface area contributed by atoms with Gasteiger partial charge in [-0.1, -0.05) is 11.6 Å². The van der Waals surface area contributed by atoms with Crippen LogP contribution in [0.1, 0.15) is 13.8 Å². The Hall–Kier alpha value is -3.48. The van der Waals surface area contributed by atoms with Crippen LogP contribution in [-0.4, -0.2) is 56.2 Å². The van der Waals surface area contributed by atoms with E-state index in [0.717, 1.165) is 6.26 Å². The molecular formula is C23H28ClN5O6S. The molecule has 0 saturated heterocycles. The van der Waals surface area contributed by atoms with E-state index in [0.29, 0.717) is 28.6 Å². The quantitative estimate of drug-likeness (QED) is 0.281. The van der Waals surface area contributed by atoms with Crippen LogP contribution in [0.25, 0.3) is 0 Å². The molecule has 1 heterocycles. The van der Waals surface area contributed by atoms with Crippen LogP contribution in [0.5, 0.6) is 17.2 Å². The van der Waals surface area contributed by atoms with Crippen LogP contribution in [0.15, 0.2) is 42.6 Å². The van der Waals surface area contributed by atoms with Crippen molar-refractivity contribution in [3.63, 3.8) is 0 Å². The standard InChI is InChI=1S/C23H28ClN5O6S/c1-23(2,30)13-35-15-7-9-20(34-4)19(11-15)27-22-25-12-16(24)21(28-22)26-17-8-6-14(33-3)10-18(17)29-36(5,31)32/h6-12,29-30H,13H2,1-5H3,(H2,25,26,27,28). The lowest BCUT2D eigenvalue weighted by Crippen LogP contribution is -2.27. The number of nitrogens with zero attached hydrogens (tertiary/aromatic N) is 2. The van der Waals surface area contributed by atoms with Gasteiger partial charge in [0.15, 0.2) is 5.82 Å². The molecule has 0 saturated carbocycles. The van der Waals surface area contributed by atoms with Crippen molar-refractivity contribution in [1.82, 2.24) is 9.97 Å². The number of methoxy groups -OCH3 is 2. The number of anilines is 5. The first-order valence-corrected chi connectivity index (χ1v) is 12.9. The third-order valence-electron chi connectivity index (χ3n) is 4.53. The van der Waals surface area contributed by atoms with Crippen LogP contribution < -0.4 is 29.6 Å². The minimum atomic E-state index is -3.57. The molecule has 36 heavy (non-hydrogen) atoms. The summed E-state index contributed by atoms with van der Waals surface area (Å²) in [6.45, 7) is 3.38. The number of halogens is 1. The number of aromatic nitrogens is 2. The minimum Gasteiger partial charge on any atom is -0.497 e. The number of hydrogen-bond acceptors (Lipinski definition) is 10. The third kappa shape index (κ3) is 7.77. The Morgan fingerprint density at radius 2 is 1.69 bits per heavy atom. The summed E-state index contributed by atoms with van der Waals surface area (Å²) in [6.07, 6.45) is 2.44. The summed E-state index contributed by atoms with van der Waals surface area (Å²) in [5, 5.41) is 16.2. The molecule has 0 aliphatic rings. The molecule has 3 rings (SSSR count). The molecule has 0 atom stereocenters. The third-order valence-corrected chi connectivity index (χ3v) is 5.40. The highest BCUT2D eigenvalue weighted by atomic mass is 35.5. The molecule has 3 aromatic rings. The molecule has 0 aliphatic carbocycles. The maximum atomic E-state index is 11.8. The van der Waals surface area contributed by atoms with Crippen molar-refractivity contribution in [3.05, 3.63) is 47.6 Å². The summed E-state index contributed by atoms with van der Waals surface area (Å²) in [6, 6.07) is 9.93. The summed E-state index contributed by atoms with van der Waals surface area (Å²) in [7, 11) is -0.568. The monoisotopic (exact) mass is 537 g/mol. The zero-order valence-electron chi connectivity index (χ0n) is 20.4. The van der Waals surface area contributed by atoms with Gasteiger partial charge in [-0.2, -0.15) is 4.98 Å². The Morgan fingerprint density at radius 3 is 2.33 bits per heavy atom. The summed E-state index contributed by atoms with van der Waals surface area (Å²) in [4.78, 5) is 8.64. The molecule has 4 N–H and O–H groups in total. The summed E-state index contributed by atoms with van der Waals surface area (Å²) >= 11 is 6.31. The molecule has 11 nitrogen and oxygen atoms in total. The maximum absolute atomic E-state index is 11.8. The summed E-state index contributed by atoms with van der Waals surface area (Å²) < 4.78 is 42.4. The second kappa shape index (κ2) is 11.1. The summed E-state index contributed by atoms with van der Waals surface area (Å²) in [5.74, 6) is 1.88. The molecule has 13 heteroatoms. The van der Waals surface area contributed by atoms with Crippen LogP contribution in [-0.2, 0) is 10.0 Å². The largest absolute Gasteiger partial charge is 0.497 e. The first-order valence-electron chi connectivity index (χ1n) is 10.6. The Kier molecular flexibility index (Phi) is 8.33. The molecule has 0 radical (unpaired) electrons. The number of aliphatic hydroxyl groups is 1. The predicted molar refractivity (Wildman–Crippen MR) is 140 cm³/mol. The highest BCUT2D eigenvalue weighted by Crippen LogP contribution is 2.34. The van der Waals surface area contributed by atoms with Crippen molar-refractivity contribution in [2.24, 2.45) is 0 Å². The van der Waals surface area contributed by atoms with Crippen molar-refractivity contribution >= 4 is 50.5 Å². The molecular weight excluding hydrogens is 510 g/mol. The van der Waals surface area contributed by atoms with Gasteiger partial charge in [0.05, 0.1) is 49.3 Å². The van der Waals surface area contributed by atoms with Crippen LogP contribution >= 0.6 is 11.6 Å². The molecule has 1 aromatic heterocycles. The highest BCUT2D eigenvalue weighted by Gasteiger charge is 2.16. The number of nitrogens with one attached hydrogen (secondary N) is 3. The van der Waals surface area contributed by atoms with Crippen molar-refractivity contribution in [1.29, 1.82) is 0 Å². The van der Waals surface area contributed by atoms with E-state index in [2.05, 4.69) is 25.3 Å². The van der Waals surface area contributed by atoms with Gasteiger partial charge in [-0.25, -0.2) is 13.4 Å². The number of sulfonamides is 1. The van der Waals surface area contributed by atoms with E-state index in [1.54, 1.807) is 44.2 Å². The molecule has 0 fully saturated rings. The molecule has 0 spiro atoms. The van der Waals surface area contributed by atoms with Gasteiger partial charge in [0.25, 0.3) is 0 Å². The first kappa shape index (κ1) is 27.1. The zero-order chi connectivity index (χ0) is 26.5. The van der Waals surface area contributed by atoms with E-state index in [4.69, 9.17) is 25.8 Å². The fraction of sp³-hybridized carbons (Fsp3) is 0.304. The molecule has 0 unspecified atom stereocenters. The van der Waals surface area contributed by atoms with E-state index >= 15 is 0 Å². The van der Waals surface area contributed by atoms with E-state index in [9.17, 15) is 13.5 Å². The molecule has 0 bridgehead atoms. The normalized spacial score (nSPS) is 11.5. The number of ether oxygens (including phenoxy) is 3. The van der Waals surface area contributed by atoms with Gasteiger partial charge < -0.3 is 30.0 Å². The molecule has 0 aliphatic heterocycles. The van der Waals surface area contributed by atoms with Gasteiger partial charge >= 0.3 is 0 Å². The van der Waals surface area contributed by atoms with Crippen LogP contribution in [0.4, 0.5) is 28.8 Å². The average Bonchev–Trinajstić information content (AvgIpc) is 2.79. The van der Waals surface area contributed by atoms with E-state index < -0.39 is 15.6 Å². The zero-order valence-corrected chi connectivity index (χ0v) is 22.0. The lowest BCUT2D eigenvalue weighted by atomic mass is 10.2. The molecule has 2 aromatic carbocycles. The Morgan fingerprint density at radius 1 is 1.00 bits per heavy atom. The van der Waals surface area contributed by atoms with Gasteiger partial charge in [0, 0.05) is 12.1 Å². The maximum Gasteiger partial charge on any atom is 0.229 e. The van der Waals surface area contributed by atoms with E-state index in [1.807, 2.05) is 0 Å². The average molecular weight is 538 g/mol. The van der Waals surface area contributed by atoms with Crippen molar-refractivity contribution in [2.75, 3.05) is 42.4 Å². The SMILES string of the molecule is COc1ccc(Nc2nc(Nc3cc(OCC(C)(C)O)ccc3OC)ncc2Cl)c(NS(C)(=O)=O)c1. The second-order valence-corrected chi connectivity index (χ2v) is 10.5. The topological polar surface area (TPSA) is 144 Å². The Labute approximate surface area is 214 Å². The van der Waals surface area contributed by atoms with Gasteiger partial charge in [0.1, 0.15) is 28.9 Å². The Bertz CT molecular complexity index is 1330. The van der Waals surface area contributed by atoms with Crippen molar-refractivity contribution in [3.8, 4) is 17.2 Å².